The van der Waals surface area contributed by atoms with Crippen LogP contribution in [-0.4, -0.2) is 221 Å². The molecule has 1 N–H and O–H groups in total. The van der Waals surface area contributed by atoms with Crippen LogP contribution in [0.3, 0.4) is 0 Å². The molecule has 16 unspecified atom stereocenters. The Morgan fingerprint density at radius 2 is 0.626 bits per heavy atom. The first-order chi connectivity index (χ1) is 47.3. The molecule has 31 nitrogen and oxygen atoms in total. The second kappa shape index (κ2) is 35.5. The van der Waals surface area contributed by atoms with Crippen molar-refractivity contribution in [3.05, 3.63) is 144 Å². The molecule has 4 heterocycles. The Labute approximate surface area is 566 Å². The summed E-state index contributed by atoms with van der Waals surface area (Å²) in [4.78, 5) is 147. The monoisotopic (exact) mass is 1390 g/mol. The lowest BCUT2D eigenvalue weighted by atomic mass is 9.91. The molecule has 534 valence electrons. The van der Waals surface area contributed by atoms with Crippen LogP contribution in [0.1, 0.15) is 96.8 Å². The van der Waals surface area contributed by atoms with Gasteiger partial charge in [0.2, 0.25) is 0 Å². The van der Waals surface area contributed by atoms with E-state index in [1.807, 2.05) is 0 Å². The Morgan fingerprint density at radius 1 is 0.323 bits per heavy atom. The first-order valence-corrected chi connectivity index (χ1v) is 31.2. The zero-order valence-electron chi connectivity index (χ0n) is 55.1. The highest BCUT2D eigenvalue weighted by atomic mass is 16.8. The van der Waals surface area contributed by atoms with Gasteiger partial charge in [-0.25, -0.2) is 19.2 Å². The van der Waals surface area contributed by atoms with Crippen LogP contribution in [0.5, 0.6) is 0 Å². The van der Waals surface area contributed by atoms with E-state index in [1.54, 1.807) is 60.7 Å². The Morgan fingerprint density at radius 3 is 1.03 bits per heavy atom. The number of rotatable bonds is 26. The van der Waals surface area contributed by atoms with Crippen LogP contribution in [0.25, 0.3) is 0 Å². The Hall–Kier alpha value is -9.31. The Kier molecular flexibility index (Phi) is 27.0. The van der Waals surface area contributed by atoms with Crippen LogP contribution in [0.15, 0.2) is 121 Å². The third-order valence-corrected chi connectivity index (χ3v) is 15.5. The van der Waals surface area contributed by atoms with Crippen LogP contribution in [0, 0.1) is 5.92 Å². The highest BCUT2D eigenvalue weighted by molar-refractivity contribution is 5.91. The fourth-order valence-corrected chi connectivity index (χ4v) is 11.2. The zero-order valence-corrected chi connectivity index (χ0v) is 55.1. The summed E-state index contributed by atoms with van der Waals surface area (Å²) in [5.74, 6) is -11.9. The van der Waals surface area contributed by atoms with Gasteiger partial charge in [-0.1, -0.05) is 79.7 Å². The summed E-state index contributed by atoms with van der Waals surface area (Å²) in [6, 6.07) is 30.6. The number of benzene rings is 4. The maximum Gasteiger partial charge on any atom is 0.338 e. The van der Waals surface area contributed by atoms with E-state index >= 15 is 0 Å². The van der Waals surface area contributed by atoms with Gasteiger partial charge in [0.05, 0.1) is 28.9 Å². The molecule has 4 aromatic rings. The molecular formula is C68H76O31. The number of carbonyl (C=O) groups excluding carboxylic acids is 11. The van der Waals surface area contributed by atoms with Gasteiger partial charge < -0.3 is 95.1 Å². The molecule has 4 fully saturated rings. The average Bonchev–Trinajstić information content (AvgIpc) is 0.761. The second-order valence-electron chi connectivity index (χ2n) is 22.9. The first-order valence-electron chi connectivity index (χ1n) is 31.2. The zero-order chi connectivity index (χ0) is 71.6. The Bertz CT molecular complexity index is 3430. The van der Waals surface area contributed by atoms with Crippen LogP contribution >= 0.6 is 0 Å². The van der Waals surface area contributed by atoms with Gasteiger partial charge in [0.25, 0.3) is 0 Å². The molecule has 4 saturated heterocycles. The number of hydrogen-bond acceptors (Lipinski definition) is 31. The van der Waals surface area contributed by atoms with Crippen LogP contribution in [-0.2, 0) is 124 Å². The van der Waals surface area contributed by atoms with E-state index in [0.29, 0.717) is 0 Å². The fraction of sp³-hybridized carbons (Fsp3) is 0.485. The highest BCUT2D eigenvalue weighted by Gasteiger charge is 2.60. The largest absolute Gasteiger partial charge is 0.463 e. The third-order valence-electron chi connectivity index (χ3n) is 15.5. The predicted octanol–water partition coefficient (Wildman–Crippen LogP) is 3.63. The molecule has 4 aliphatic rings. The van der Waals surface area contributed by atoms with Gasteiger partial charge in [0.15, 0.2) is 67.9 Å². The lowest BCUT2D eigenvalue weighted by Crippen LogP contribution is -2.69. The number of methoxy groups -OCH3 is 1. The average molecular weight is 1390 g/mol. The van der Waals surface area contributed by atoms with Gasteiger partial charge in [-0.05, 0) is 48.5 Å². The smallest absolute Gasteiger partial charge is 0.338 e. The van der Waals surface area contributed by atoms with Crippen molar-refractivity contribution in [1.82, 2.24) is 0 Å². The number of aliphatic hydroxyl groups is 1. The summed E-state index contributed by atoms with van der Waals surface area (Å²) in [5.41, 5.74) is 0.154. The summed E-state index contributed by atoms with van der Waals surface area (Å²) in [5, 5.41) is 12.3. The van der Waals surface area contributed by atoms with Crippen molar-refractivity contribution >= 4 is 65.7 Å². The first kappa shape index (κ1) is 75.5. The van der Waals surface area contributed by atoms with Gasteiger partial charge in [0.1, 0.15) is 68.7 Å². The van der Waals surface area contributed by atoms with Crippen LogP contribution in [0.4, 0.5) is 0 Å². The van der Waals surface area contributed by atoms with E-state index in [1.165, 1.54) is 67.6 Å². The third kappa shape index (κ3) is 20.4. The van der Waals surface area contributed by atoms with Gasteiger partial charge in [-0.15, -0.1) is 0 Å². The highest BCUT2D eigenvalue weighted by Crippen LogP contribution is 2.40. The number of carbonyl (C=O) groups is 11. The summed E-state index contributed by atoms with van der Waals surface area (Å²) < 4.78 is 115. The van der Waals surface area contributed by atoms with E-state index in [2.05, 4.69) is 0 Å². The molecule has 31 heteroatoms. The maximum atomic E-state index is 14.2. The minimum absolute atomic E-state index is 0.0603. The fourth-order valence-electron chi connectivity index (χ4n) is 11.2. The lowest BCUT2D eigenvalue weighted by Gasteiger charge is -2.50. The molecule has 20 atom stereocenters. The Balaban J connectivity index is 1.28. The number of ether oxygens (including phenoxy) is 19. The molecule has 0 amide bonds. The molecule has 4 aromatic carbocycles. The normalized spacial score (nSPS) is 29.5. The van der Waals surface area contributed by atoms with Crippen molar-refractivity contribution in [2.24, 2.45) is 5.92 Å². The molecule has 0 aromatic heterocycles. The van der Waals surface area contributed by atoms with Crippen molar-refractivity contribution in [2.45, 2.75) is 172 Å². The van der Waals surface area contributed by atoms with Crippen molar-refractivity contribution in [3.63, 3.8) is 0 Å². The second-order valence-corrected chi connectivity index (χ2v) is 22.9. The summed E-state index contributed by atoms with van der Waals surface area (Å²) in [7, 11) is 1.14. The molecule has 0 spiro atoms. The number of hydrogen-bond donors (Lipinski definition) is 1. The molecule has 4 aliphatic heterocycles. The minimum Gasteiger partial charge on any atom is -0.463 e. The van der Waals surface area contributed by atoms with Crippen molar-refractivity contribution in [2.75, 3.05) is 33.5 Å². The van der Waals surface area contributed by atoms with Gasteiger partial charge in [-0.2, -0.15) is 0 Å². The van der Waals surface area contributed by atoms with Crippen molar-refractivity contribution < 1.29 is 148 Å². The van der Waals surface area contributed by atoms with Gasteiger partial charge in [0, 0.05) is 61.5 Å². The van der Waals surface area contributed by atoms with E-state index < -0.39 is 215 Å². The molecular weight excluding hydrogens is 1310 g/mol. The van der Waals surface area contributed by atoms with Gasteiger partial charge in [-0.3, -0.25) is 33.6 Å². The van der Waals surface area contributed by atoms with E-state index in [0.717, 1.165) is 55.6 Å². The molecule has 0 bridgehead atoms. The van der Waals surface area contributed by atoms with Crippen LogP contribution < -0.4 is 0 Å². The van der Waals surface area contributed by atoms with E-state index in [4.69, 9.17) is 90.0 Å². The summed E-state index contributed by atoms with van der Waals surface area (Å²) >= 11 is 0. The molecule has 0 radical (unpaired) electrons. The summed E-state index contributed by atoms with van der Waals surface area (Å²) in [6.45, 7) is 5.47. The lowest BCUT2D eigenvalue weighted by molar-refractivity contribution is -0.383. The molecule has 8 rings (SSSR count). The van der Waals surface area contributed by atoms with Crippen molar-refractivity contribution in [1.29, 1.82) is 0 Å². The van der Waals surface area contributed by atoms with Crippen LogP contribution in [0.2, 0.25) is 0 Å². The standard InChI is InChI=1S/C68H76O31/c1-34-51(95-62(78)43-24-16-11-17-25-43)53(96-63(79)44-26-18-12-19-27-44)48(32-84-61(77)42-22-14-10-15-23-42)91-65(34)85-33-49-55(88-39(6)73)58(98-67-56(97-64(80)45-28-20-13-21-29-45)50(76)52(86-37(4)71)46(93-67)30-82-35(2)69)60(90-41(8)75)68(94-49)99-57-54(87-38(5)72)47(31-83-36(3)70)92-66(81-9)59(57)89-40(7)74/h10-29,34,46-60,65-68,76H,30-33H2,1-9H3/t34?,46?,47?,48?,49?,50?,51?,52?,53?,54?,55-,56?,57?,58-,59?,60?,65?,66-,67?,68-/m0/s1. The van der Waals surface area contributed by atoms with E-state index in [-0.39, 0.29) is 22.3 Å². The quantitative estimate of drug-likeness (QED) is 0.0692. The topological polar surface area (TPSA) is 383 Å². The molecule has 0 aliphatic carbocycles. The number of aliphatic hydroxyl groups excluding tert-OH is 1. The molecule has 0 saturated carbocycles. The van der Waals surface area contributed by atoms with Crippen molar-refractivity contribution in [3.8, 4) is 0 Å². The minimum atomic E-state index is -2.22. The van der Waals surface area contributed by atoms with E-state index in [9.17, 15) is 57.8 Å². The van der Waals surface area contributed by atoms with Gasteiger partial charge >= 0.3 is 65.7 Å². The molecule has 99 heavy (non-hydrogen) atoms. The summed E-state index contributed by atoms with van der Waals surface area (Å²) in [6.07, 6.45) is -35.3. The SMILES string of the molecule is CO[C@H]1OC(COC(C)=O)C(OC(C)=O)C(O[C@@H]2OC(COC3OC(COC(=O)c4ccccc4)C(OC(=O)c4ccccc4)C(OC(=O)c4ccccc4)C3C)[C@H](OC(C)=O)[C@H](OC3OC(COC(C)=O)C(OC(C)=O)C(O)C3OC(=O)c3ccccc3)C2OC(C)=O)C1OC(C)=O. The predicted molar refractivity (Wildman–Crippen MR) is 327 cm³/mol. The maximum absolute atomic E-state index is 14.2. The number of esters is 11.